The van der Waals surface area contributed by atoms with E-state index in [1.807, 2.05) is 0 Å². The molecule has 0 aliphatic rings. The molecule has 0 saturated carbocycles. The van der Waals surface area contributed by atoms with Crippen molar-refractivity contribution in [1.82, 2.24) is 19.5 Å². The maximum absolute atomic E-state index is 12.1. The number of aliphatic hydroxyl groups is 1. The number of nitrogen functional groups attached to an aromatic ring is 1. The SMILES string of the molecule is CCCCCCCCCCCCCCCC(=O)OCC(CO)Cn1cnc2c(=O)[nH]c(N)nc21. The summed E-state index contributed by atoms with van der Waals surface area (Å²) >= 11 is 0. The van der Waals surface area contributed by atoms with Crippen LogP contribution in [0.2, 0.25) is 0 Å². The summed E-state index contributed by atoms with van der Waals surface area (Å²) in [5, 5.41) is 9.68. The molecule has 9 heteroatoms. The number of carbonyl (C=O) groups is 1. The second-order valence-corrected chi connectivity index (χ2v) is 9.24. The number of imidazole rings is 1. The van der Waals surface area contributed by atoms with Gasteiger partial charge in [0.15, 0.2) is 11.2 Å². The fourth-order valence-corrected chi connectivity index (χ4v) is 4.12. The number of aliphatic hydroxyl groups excluding tert-OH is 1. The lowest BCUT2D eigenvalue weighted by Crippen LogP contribution is -2.22. The molecule has 1 unspecified atom stereocenters. The number of rotatable bonds is 19. The van der Waals surface area contributed by atoms with Gasteiger partial charge in [-0.15, -0.1) is 0 Å². The smallest absolute Gasteiger partial charge is 0.305 e. The Labute approximate surface area is 202 Å². The molecule has 1 atom stereocenters. The van der Waals surface area contributed by atoms with Gasteiger partial charge in [0.1, 0.15) is 0 Å². The fourth-order valence-electron chi connectivity index (χ4n) is 4.12. The Morgan fingerprint density at radius 3 is 2.24 bits per heavy atom. The van der Waals surface area contributed by atoms with E-state index in [-0.39, 0.29) is 36.6 Å². The number of carbonyl (C=O) groups excluding carboxylic acids is 1. The first-order chi connectivity index (χ1) is 16.5. The number of aromatic amines is 1. The third-order valence-electron chi connectivity index (χ3n) is 6.17. The van der Waals surface area contributed by atoms with Gasteiger partial charge in [0.05, 0.1) is 19.5 Å². The molecule has 2 rings (SSSR count). The molecule has 0 amide bonds. The second-order valence-electron chi connectivity index (χ2n) is 9.24. The first-order valence-electron chi connectivity index (χ1n) is 13.0. The molecule has 0 saturated heterocycles. The zero-order valence-electron chi connectivity index (χ0n) is 20.8. The number of hydrogen-bond acceptors (Lipinski definition) is 7. The van der Waals surface area contributed by atoms with Gasteiger partial charge in [0.2, 0.25) is 5.95 Å². The molecule has 4 N–H and O–H groups in total. The average Bonchev–Trinajstić information content (AvgIpc) is 3.22. The van der Waals surface area contributed by atoms with E-state index in [9.17, 15) is 14.7 Å². The van der Waals surface area contributed by atoms with E-state index in [1.165, 1.54) is 70.5 Å². The molecule has 0 aliphatic carbocycles. The minimum Gasteiger partial charge on any atom is -0.465 e. The standard InChI is InChI=1S/C25H43N5O4/c1-2-3-4-5-6-7-8-9-10-11-12-13-14-15-21(32)34-18-20(17-31)16-30-19-27-22-23(30)28-25(26)29-24(22)33/h19-20,31H,2-18H2,1H3,(H3,26,28,29,33). The Bertz CT molecular complexity index is 895. The van der Waals surface area contributed by atoms with E-state index in [0.29, 0.717) is 18.6 Å². The van der Waals surface area contributed by atoms with Crippen molar-refractivity contribution < 1.29 is 14.6 Å². The topological polar surface area (TPSA) is 136 Å². The van der Waals surface area contributed by atoms with Gasteiger partial charge < -0.3 is 20.1 Å². The fraction of sp³-hybridized carbons (Fsp3) is 0.760. The second kappa shape index (κ2) is 16.2. The average molecular weight is 478 g/mol. The molecule has 2 heterocycles. The summed E-state index contributed by atoms with van der Waals surface area (Å²) in [4.78, 5) is 34.5. The number of nitrogens with two attached hydrogens (primary N) is 1. The van der Waals surface area contributed by atoms with Crippen LogP contribution in [0.4, 0.5) is 5.95 Å². The highest BCUT2D eigenvalue weighted by atomic mass is 16.5. The highest BCUT2D eigenvalue weighted by Gasteiger charge is 2.16. The molecule has 9 nitrogen and oxygen atoms in total. The van der Waals surface area contributed by atoms with Crippen LogP contribution < -0.4 is 11.3 Å². The van der Waals surface area contributed by atoms with Crippen LogP contribution in [0.3, 0.4) is 0 Å². The van der Waals surface area contributed by atoms with Crippen LogP contribution in [0, 0.1) is 5.92 Å². The number of nitrogens with zero attached hydrogens (tertiary/aromatic N) is 3. The van der Waals surface area contributed by atoms with E-state index in [4.69, 9.17) is 10.5 Å². The minimum atomic E-state index is -0.411. The number of nitrogens with one attached hydrogen (secondary N) is 1. The van der Waals surface area contributed by atoms with Crippen LogP contribution in [-0.2, 0) is 16.1 Å². The third kappa shape index (κ3) is 10.2. The summed E-state index contributed by atoms with van der Waals surface area (Å²) in [7, 11) is 0. The van der Waals surface area contributed by atoms with Crippen molar-refractivity contribution in [2.75, 3.05) is 18.9 Å². The van der Waals surface area contributed by atoms with E-state index >= 15 is 0 Å². The van der Waals surface area contributed by atoms with Gasteiger partial charge in [-0.2, -0.15) is 4.98 Å². The van der Waals surface area contributed by atoms with E-state index in [0.717, 1.165) is 19.3 Å². The number of ether oxygens (including phenoxy) is 1. The summed E-state index contributed by atoms with van der Waals surface area (Å²) in [5.41, 5.74) is 5.73. The van der Waals surface area contributed by atoms with Crippen molar-refractivity contribution >= 4 is 23.1 Å². The number of hydrogen-bond donors (Lipinski definition) is 3. The summed E-state index contributed by atoms with van der Waals surface area (Å²) < 4.78 is 7.01. The number of unbranched alkanes of at least 4 members (excludes halogenated alkanes) is 12. The van der Waals surface area contributed by atoms with Crippen LogP contribution in [0.15, 0.2) is 11.1 Å². The molecule has 0 aliphatic heterocycles. The van der Waals surface area contributed by atoms with Crippen LogP contribution in [0.1, 0.15) is 96.8 Å². The normalized spacial score (nSPS) is 12.3. The first kappa shape index (κ1) is 27.8. The number of esters is 1. The van der Waals surface area contributed by atoms with Crippen molar-refractivity contribution in [3.05, 3.63) is 16.7 Å². The Morgan fingerprint density at radius 2 is 1.65 bits per heavy atom. The molecule has 0 aromatic carbocycles. The lowest BCUT2D eigenvalue weighted by atomic mass is 10.0. The molecule has 34 heavy (non-hydrogen) atoms. The minimum absolute atomic E-state index is 0.00373. The lowest BCUT2D eigenvalue weighted by Gasteiger charge is -2.15. The van der Waals surface area contributed by atoms with Crippen molar-refractivity contribution in [3.8, 4) is 0 Å². The quantitative estimate of drug-likeness (QED) is 0.202. The van der Waals surface area contributed by atoms with Gasteiger partial charge in [0, 0.05) is 18.9 Å². The number of aromatic nitrogens is 4. The zero-order valence-corrected chi connectivity index (χ0v) is 20.8. The Balaban J connectivity index is 1.53. The van der Waals surface area contributed by atoms with Gasteiger partial charge >= 0.3 is 5.97 Å². The highest BCUT2D eigenvalue weighted by molar-refractivity contribution is 5.70. The van der Waals surface area contributed by atoms with Gasteiger partial charge in [-0.3, -0.25) is 14.6 Å². The van der Waals surface area contributed by atoms with Gasteiger partial charge in [0.25, 0.3) is 5.56 Å². The summed E-state index contributed by atoms with van der Waals surface area (Å²) in [6.45, 7) is 2.51. The Hall–Kier alpha value is -2.42. The van der Waals surface area contributed by atoms with E-state index < -0.39 is 5.56 Å². The summed E-state index contributed by atoms with van der Waals surface area (Å²) in [6.07, 6.45) is 18.3. The van der Waals surface area contributed by atoms with Crippen LogP contribution in [-0.4, -0.2) is 43.8 Å². The molecule has 0 spiro atoms. The van der Waals surface area contributed by atoms with Crippen molar-refractivity contribution in [3.63, 3.8) is 0 Å². The molecule has 0 radical (unpaired) electrons. The van der Waals surface area contributed by atoms with E-state index in [2.05, 4.69) is 21.9 Å². The number of fused-ring (bicyclic) bond motifs is 1. The van der Waals surface area contributed by atoms with Crippen LogP contribution >= 0.6 is 0 Å². The van der Waals surface area contributed by atoms with E-state index in [1.54, 1.807) is 4.57 Å². The Morgan fingerprint density at radius 1 is 1.06 bits per heavy atom. The van der Waals surface area contributed by atoms with Crippen LogP contribution in [0.25, 0.3) is 11.2 Å². The summed E-state index contributed by atoms with van der Waals surface area (Å²) in [6, 6.07) is 0. The zero-order chi connectivity index (χ0) is 24.6. The van der Waals surface area contributed by atoms with Crippen molar-refractivity contribution in [2.45, 2.75) is 103 Å². The van der Waals surface area contributed by atoms with Crippen LogP contribution in [0.5, 0.6) is 0 Å². The summed E-state index contributed by atoms with van der Waals surface area (Å²) in [5.74, 6) is -0.560. The third-order valence-corrected chi connectivity index (χ3v) is 6.17. The largest absolute Gasteiger partial charge is 0.465 e. The predicted octanol–water partition coefficient (Wildman–Crippen LogP) is 4.33. The molecule has 0 fully saturated rings. The molecule has 2 aromatic rings. The highest BCUT2D eigenvalue weighted by Crippen LogP contribution is 2.14. The molecular weight excluding hydrogens is 434 g/mol. The first-order valence-corrected chi connectivity index (χ1v) is 13.0. The lowest BCUT2D eigenvalue weighted by molar-refractivity contribution is -0.145. The van der Waals surface area contributed by atoms with Gasteiger partial charge in [-0.1, -0.05) is 84.0 Å². The number of H-pyrrole nitrogens is 1. The molecule has 192 valence electrons. The van der Waals surface area contributed by atoms with Crippen molar-refractivity contribution in [2.24, 2.45) is 5.92 Å². The Kier molecular flexibility index (Phi) is 13.3. The van der Waals surface area contributed by atoms with Gasteiger partial charge in [-0.25, -0.2) is 4.98 Å². The predicted molar refractivity (Wildman–Crippen MR) is 134 cm³/mol. The monoisotopic (exact) mass is 477 g/mol. The molecule has 0 bridgehead atoms. The molecular formula is C25H43N5O4. The van der Waals surface area contributed by atoms with Crippen molar-refractivity contribution in [1.29, 1.82) is 0 Å². The van der Waals surface area contributed by atoms with Gasteiger partial charge in [-0.05, 0) is 6.42 Å². The molecule has 2 aromatic heterocycles. The maximum atomic E-state index is 12.1. The number of anilines is 1. The maximum Gasteiger partial charge on any atom is 0.305 e.